The van der Waals surface area contributed by atoms with Crippen LogP contribution < -0.4 is 5.32 Å². The van der Waals surface area contributed by atoms with Crippen LogP contribution in [0.5, 0.6) is 0 Å². The summed E-state index contributed by atoms with van der Waals surface area (Å²) in [6.07, 6.45) is 1.54. The summed E-state index contributed by atoms with van der Waals surface area (Å²) in [6, 6.07) is -0.373. The maximum atomic E-state index is 12.1. The van der Waals surface area contributed by atoms with Crippen molar-refractivity contribution in [3.8, 4) is 0 Å². The Morgan fingerprint density at radius 2 is 2.14 bits per heavy atom. The molecule has 0 radical (unpaired) electrons. The Morgan fingerprint density at radius 1 is 1.43 bits per heavy atom. The van der Waals surface area contributed by atoms with Crippen molar-refractivity contribution in [3.63, 3.8) is 0 Å². The van der Waals surface area contributed by atoms with E-state index in [9.17, 15) is 9.59 Å². The minimum atomic E-state index is -0.795. The molecule has 9 heteroatoms. The third-order valence-corrected chi connectivity index (χ3v) is 3.49. The standard InChI is InChI=1S/C12H20N6O3/c1-9(11-13-8-14-16-11)15-12(21)18-6-4-17(5-7-18)3-2-10(19)20/h8-9H,2-7H2,1H3,(H,15,21)(H,19,20)(H,13,14,16). The molecule has 2 heterocycles. The highest BCUT2D eigenvalue weighted by Crippen LogP contribution is 2.07. The summed E-state index contributed by atoms with van der Waals surface area (Å²) >= 11 is 0. The Balaban J connectivity index is 1.74. The van der Waals surface area contributed by atoms with Gasteiger partial charge >= 0.3 is 12.0 Å². The van der Waals surface area contributed by atoms with Crippen molar-refractivity contribution < 1.29 is 14.7 Å². The van der Waals surface area contributed by atoms with Gasteiger partial charge < -0.3 is 15.3 Å². The summed E-state index contributed by atoms with van der Waals surface area (Å²) in [4.78, 5) is 30.4. The molecule has 0 bridgehead atoms. The lowest BCUT2D eigenvalue weighted by molar-refractivity contribution is -0.137. The van der Waals surface area contributed by atoms with Gasteiger partial charge in [0.1, 0.15) is 12.2 Å². The fourth-order valence-electron chi connectivity index (χ4n) is 2.20. The van der Waals surface area contributed by atoms with Crippen LogP contribution in [0.2, 0.25) is 0 Å². The van der Waals surface area contributed by atoms with Crippen molar-refractivity contribution in [2.75, 3.05) is 32.7 Å². The van der Waals surface area contributed by atoms with Crippen LogP contribution in [0.1, 0.15) is 25.2 Å². The summed E-state index contributed by atoms with van der Waals surface area (Å²) in [6.45, 7) is 4.93. The second-order valence-corrected chi connectivity index (χ2v) is 5.01. The number of amides is 2. The van der Waals surface area contributed by atoms with Crippen molar-refractivity contribution in [3.05, 3.63) is 12.2 Å². The monoisotopic (exact) mass is 296 g/mol. The number of carboxylic acid groups (broad SMARTS) is 1. The van der Waals surface area contributed by atoms with E-state index in [1.807, 2.05) is 6.92 Å². The zero-order valence-electron chi connectivity index (χ0n) is 11.9. The molecule has 1 aliphatic rings. The molecule has 1 saturated heterocycles. The summed E-state index contributed by atoms with van der Waals surface area (Å²) in [5.41, 5.74) is 0. The Kier molecular flexibility index (Phi) is 5.09. The largest absolute Gasteiger partial charge is 0.481 e. The van der Waals surface area contributed by atoms with Gasteiger partial charge in [0, 0.05) is 32.7 Å². The predicted molar refractivity (Wildman–Crippen MR) is 73.6 cm³/mol. The van der Waals surface area contributed by atoms with Crippen LogP contribution in [-0.4, -0.2) is 74.8 Å². The lowest BCUT2D eigenvalue weighted by Crippen LogP contribution is -2.52. The van der Waals surface area contributed by atoms with Gasteiger partial charge in [-0.05, 0) is 6.92 Å². The van der Waals surface area contributed by atoms with E-state index in [1.54, 1.807) is 4.90 Å². The minimum Gasteiger partial charge on any atom is -0.481 e. The fourth-order valence-corrected chi connectivity index (χ4v) is 2.20. The molecule has 21 heavy (non-hydrogen) atoms. The number of carbonyl (C=O) groups excluding carboxylic acids is 1. The Labute approximate surface area is 122 Å². The second kappa shape index (κ2) is 7.02. The molecule has 1 unspecified atom stereocenters. The van der Waals surface area contributed by atoms with E-state index in [4.69, 9.17) is 5.11 Å². The van der Waals surface area contributed by atoms with Crippen molar-refractivity contribution in [1.82, 2.24) is 30.3 Å². The number of urea groups is 1. The third kappa shape index (κ3) is 4.42. The number of nitrogens with one attached hydrogen (secondary N) is 2. The number of hydrogen-bond donors (Lipinski definition) is 3. The Hall–Kier alpha value is -2.16. The molecule has 1 atom stereocenters. The molecular formula is C12H20N6O3. The average Bonchev–Trinajstić information content (AvgIpc) is 3.00. The van der Waals surface area contributed by atoms with Gasteiger partial charge in [0.15, 0.2) is 0 Å². The quantitative estimate of drug-likeness (QED) is 0.685. The molecule has 1 fully saturated rings. The number of aromatic amines is 1. The van der Waals surface area contributed by atoms with Crippen LogP contribution in [0.3, 0.4) is 0 Å². The molecule has 3 N–H and O–H groups in total. The molecular weight excluding hydrogens is 276 g/mol. The van der Waals surface area contributed by atoms with Crippen molar-refractivity contribution >= 4 is 12.0 Å². The van der Waals surface area contributed by atoms with E-state index in [0.717, 1.165) is 0 Å². The molecule has 0 aromatic carbocycles. The first kappa shape index (κ1) is 15.2. The Morgan fingerprint density at radius 3 is 2.71 bits per heavy atom. The molecule has 1 aromatic heterocycles. The lowest BCUT2D eigenvalue weighted by Gasteiger charge is -2.34. The van der Waals surface area contributed by atoms with Gasteiger partial charge in [-0.25, -0.2) is 9.78 Å². The normalized spacial score (nSPS) is 17.5. The van der Waals surface area contributed by atoms with Gasteiger partial charge in [-0.3, -0.25) is 14.8 Å². The van der Waals surface area contributed by atoms with Gasteiger partial charge in [0.05, 0.1) is 12.5 Å². The summed E-state index contributed by atoms with van der Waals surface area (Å²) in [7, 11) is 0. The molecule has 0 spiro atoms. The number of carbonyl (C=O) groups is 2. The third-order valence-electron chi connectivity index (χ3n) is 3.49. The maximum Gasteiger partial charge on any atom is 0.318 e. The number of H-pyrrole nitrogens is 1. The topological polar surface area (TPSA) is 114 Å². The predicted octanol–water partition coefficient (Wildman–Crippen LogP) is -0.332. The molecule has 0 aliphatic carbocycles. The Bertz CT molecular complexity index is 469. The van der Waals surface area contributed by atoms with Crippen molar-refractivity contribution in [2.45, 2.75) is 19.4 Å². The fraction of sp³-hybridized carbons (Fsp3) is 0.667. The number of hydrogen-bond acceptors (Lipinski definition) is 5. The van der Waals surface area contributed by atoms with Gasteiger partial charge in [0.25, 0.3) is 0 Å². The van der Waals surface area contributed by atoms with E-state index in [-0.39, 0.29) is 18.5 Å². The highest BCUT2D eigenvalue weighted by molar-refractivity contribution is 5.74. The molecule has 9 nitrogen and oxygen atoms in total. The number of aliphatic carboxylic acids is 1. The summed E-state index contributed by atoms with van der Waals surface area (Å²) < 4.78 is 0. The molecule has 1 aromatic rings. The van der Waals surface area contributed by atoms with E-state index >= 15 is 0 Å². The van der Waals surface area contributed by atoms with Crippen LogP contribution in [0, 0.1) is 0 Å². The van der Waals surface area contributed by atoms with E-state index in [2.05, 4.69) is 25.4 Å². The average molecular weight is 296 g/mol. The first-order chi connectivity index (χ1) is 10.1. The SMILES string of the molecule is CC(NC(=O)N1CCN(CCC(=O)O)CC1)c1ncn[nH]1. The van der Waals surface area contributed by atoms with Gasteiger partial charge in [0.2, 0.25) is 0 Å². The summed E-state index contributed by atoms with van der Waals surface area (Å²) in [5.74, 6) is -0.181. The first-order valence-corrected chi connectivity index (χ1v) is 6.91. The highest BCUT2D eigenvalue weighted by Gasteiger charge is 2.23. The highest BCUT2D eigenvalue weighted by atomic mass is 16.4. The maximum absolute atomic E-state index is 12.1. The molecule has 0 saturated carbocycles. The van der Waals surface area contributed by atoms with Crippen LogP contribution in [-0.2, 0) is 4.79 Å². The van der Waals surface area contributed by atoms with Crippen molar-refractivity contribution in [2.24, 2.45) is 0 Å². The van der Waals surface area contributed by atoms with E-state index in [1.165, 1.54) is 6.33 Å². The minimum absolute atomic E-state index is 0.134. The second-order valence-electron chi connectivity index (χ2n) is 5.01. The van der Waals surface area contributed by atoms with Crippen LogP contribution in [0.4, 0.5) is 4.79 Å². The molecule has 116 valence electrons. The van der Waals surface area contributed by atoms with Crippen molar-refractivity contribution in [1.29, 1.82) is 0 Å². The lowest BCUT2D eigenvalue weighted by atomic mass is 10.3. The number of nitrogens with zero attached hydrogens (tertiary/aromatic N) is 4. The first-order valence-electron chi connectivity index (χ1n) is 6.91. The number of rotatable bonds is 5. The van der Waals surface area contributed by atoms with Crippen LogP contribution in [0.25, 0.3) is 0 Å². The van der Waals surface area contributed by atoms with Gasteiger partial charge in [-0.1, -0.05) is 0 Å². The number of aromatic nitrogens is 3. The van der Waals surface area contributed by atoms with Gasteiger partial charge in [-0.2, -0.15) is 5.10 Å². The summed E-state index contributed by atoms with van der Waals surface area (Å²) in [5, 5.41) is 18.0. The number of piperazine rings is 1. The number of carboxylic acids is 1. The van der Waals surface area contributed by atoms with Crippen LogP contribution in [0.15, 0.2) is 6.33 Å². The van der Waals surface area contributed by atoms with E-state index in [0.29, 0.717) is 38.5 Å². The zero-order chi connectivity index (χ0) is 15.2. The zero-order valence-corrected chi connectivity index (χ0v) is 11.9. The molecule has 2 rings (SSSR count). The van der Waals surface area contributed by atoms with Crippen LogP contribution >= 0.6 is 0 Å². The van der Waals surface area contributed by atoms with Gasteiger partial charge in [-0.15, -0.1) is 0 Å². The smallest absolute Gasteiger partial charge is 0.318 e. The molecule has 1 aliphatic heterocycles. The van der Waals surface area contributed by atoms with E-state index < -0.39 is 5.97 Å². The molecule has 2 amide bonds.